The van der Waals surface area contributed by atoms with Crippen molar-refractivity contribution in [3.63, 3.8) is 0 Å². The van der Waals surface area contributed by atoms with Gasteiger partial charge in [-0.25, -0.2) is 4.98 Å². The van der Waals surface area contributed by atoms with Crippen LogP contribution >= 0.6 is 0 Å². The Morgan fingerprint density at radius 2 is 2.40 bits per heavy atom. The van der Waals surface area contributed by atoms with E-state index in [1.807, 2.05) is 6.92 Å². The van der Waals surface area contributed by atoms with E-state index in [-0.39, 0.29) is 18.2 Å². The van der Waals surface area contributed by atoms with Crippen molar-refractivity contribution in [1.29, 1.82) is 0 Å². The van der Waals surface area contributed by atoms with Gasteiger partial charge in [0.05, 0.1) is 30.3 Å². The number of aromatic nitrogens is 2. The summed E-state index contributed by atoms with van der Waals surface area (Å²) in [6, 6.07) is -0.623. The van der Waals surface area contributed by atoms with Gasteiger partial charge in [0.2, 0.25) is 11.8 Å². The molecule has 110 valence electrons. The first-order valence-corrected chi connectivity index (χ1v) is 6.94. The van der Waals surface area contributed by atoms with E-state index in [0.717, 1.165) is 17.8 Å². The number of hydrogen-bond donors (Lipinski definition) is 3. The molecule has 1 atom stereocenters. The van der Waals surface area contributed by atoms with Crippen LogP contribution in [-0.2, 0) is 22.6 Å². The van der Waals surface area contributed by atoms with E-state index in [0.29, 0.717) is 26.1 Å². The third-order valence-electron chi connectivity index (χ3n) is 3.46. The highest BCUT2D eigenvalue weighted by atomic mass is 16.2. The lowest BCUT2D eigenvalue weighted by Gasteiger charge is -2.28. The van der Waals surface area contributed by atoms with Crippen molar-refractivity contribution in [2.75, 3.05) is 13.1 Å². The van der Waals surface area contributed by atoms with Crippen molar-refractivity contribution < 1.29 is 9.59 Å². The molecule has 7 heteroatoms. The van der Waals surface area contributed by atoms with Gasteiger partial charge in [0.1, 0.15) is 0 Å². The molecule has 0 spiro atoms. The number of rotatable bonds is 5. The minimum absolute atomic E-state index is 0.0646. The molecule has 0 aliphatic carbocycles. The Morgan fingerprint density at radius 1 is 1.60 bits per heavy atom. The quantitative estimate of drug-likeness (QED) is 0.678. The number of hydrogen-bond acceptors (Lipinski definition) is 4. The zero-order valence-electron chi connectivity index (χ0n) is 11.7. The van der Waals surface area contributed by atoms with E-state index in [1.165, 1.54) is 0 Å². The van der Waals surface area contributed by atoms with Crippen LogP contribution in [0.4, 0.5) is 0 Å². The number of carbonyl (C=O) groups excluding carboxylic acids is 2. The monoisotopic (exact) mass is 279 g/mol. The molecule has 0 unspecified atom stereocenters. The van der Waals surface area contributed by atoms with E-state index in [2.05, 4.69) is 15.3 Å². The fourth-order valence-corrected chi connectivity index (χ4v) is 2.33. The summed E-state index contributed by atoms with van der Waals surface area (Å²) in [7, 11) is 0. The Bertz CT molecular complexity index is 485. The van der Waals surface area contributed by atoms with E-state index in [1.54, 1.807) is 11.2 Å². The topological polar surface area (TPSA) is 104 Å². The minimum Gasteiger partial charge on any atom is -0.356 e. The Balaban J connectivity index is 1.84. The van der Waals surface area contributed by atoms with Crippen LogP contribution in [0.5, 0.6) is 0 Å². The molecule has 2 rings (SSSR count). The largest absolute Gasteiger partial charge is 0.356 e. The molecule has 1 aliphatic rings. The number of H-pyrrole nitrogens is 1. The highest BCUT2D eigenvalue weighted by Crippen LogP contribution is 2.16. The van der Waals surface area contributed by atoms with E-state index >= 15 is 0 Å². The SMILES string of the molecule is CCNC(=O)CC[C@H](N)C(=O)N1CCc2nc[nH]c2C1. The van der Waals surface area contributed by atoms with E-state index < -0.39 is 6.04 Å². The first-order chi connectivity index (χ1) is 9.61. The molecule has 7 nitrogen and oxygen atoms in total. The van der Waals surface area contributed by atoms with Crippen molar-refractivity contribution in [3.05, 3.63) is 17.7 Å². The molecule has 20 heavy (non-hydrogen) atoms. The number of nitrogens with zero attached hydrogens (tertiary/aromatic N) is 2. The first kappa shape index (κ1) is 14.5. The molecule has 2 heterocycles. The van der Waals surface area contributed by atoms with Gasteiger partial charge in [-0.2, -0.15) is 0 Å². The number of imidazole rings is 1. The second-order valence-corrected chi connectivity index (χ2v) is 4.94. The predicted octanol–water partition coefficient (Wildman–Crippen LogP) is -0.462. The number of carbonyl (C=O) groups is 2. The molecule has 2 amide bonds. The molecule has 0 saturated heterocycles. The standard InChI is InChI=1S/C13H21N5O2/c1-2-15-12(19)4-3-9(14)13(20)18-6-5-10-11(7-18)17-8-16-10/h8-9H,2-7,14H2,1H3,(H,15,19)(H,16,17)/t9-/m0/s1. The van der Waals surface area contributed by atoms with Crippen LogP contribution in [0.1, 0.15) is 31.2 Å². The van der Waals surface area contributed by atoms with Gasteiger partial charge in [0, 0.05) is 25.9 Å². The predicted molar refractivity (Wildman–Crippen MR) is 73.6 cm³/mol. The summed E-state index contributed by atoms with van der Waals surface area (Å²) in [5, 5.41) is 2.70. The van der Waals surface area contributed by atoms with Crippen LogP contribution in [-0.4, -0.2) is 45.8 Å². The maximum Gasteiger partial charge on any atom is 0.239 e. The van der Waals surface area contributed by atoms with Crippen LogP contribution < -0.4 is 11.1 Å². The second-order valence-electron chi connectivity index (χ2n) is 4.94. The van der Waals surface area contributed by atoms with Crippen LogP contribution in [0.15, 0.2) is 6.33 Å². The Kier molecular flexibility index (Phi) is 4.73. The molecule has 0 aromatic carbocycles. The summed E-state index contributed by atoms with van der Waals surface area (Å²) in [5.41, 5.74) is 7.88. The maximum absolute atomic E-state index is 12.2. The number of aromatic amines is 1. The van der Waals surface area contributed by atoms with Crippen molar-refractivity contribution in [2.24, 2.45) is 5.73 Å². The molecule has 1 aliphatic heterocycles. The van der Waals surface area contributed by atoms with Crippen molar-refractivity contribution in [2.45, 2.75) is 38.8 Å². The van der Waals surface area contributed by atoms with Gasteiger partial charge in [0.25, 0.3) is 0 Å². The van der Waals surface area contributed by atoms with Crippen LogP contribution in [0.25, 0.3) is 0 Å². The van der Waals surface area contributed by atoms with Gasteiger partial charge in [-0.05, 0) is 13.3 Å². The summed E-state index contributed by atoms with van der Waals surface area (Å²) in [6.45, 7) is 3.60. The molecule has 1 aromatic heterocycles. The maximum atomic E-state index is 12.2. The summed E-state index contributed by atoms with van der Waals surface area (Å²) in [4.78, 5) is 32.6. The molecule has 0 fully saturated rings. The fraction of sp³-hybridized carbons (Fsp3) is 0.615. The van der Waals surface area contributed by atoms with Gasteiger partial charge in [-0.1, -0.05) is 0 Å². The van der Waals surface area contributed by atoms with E-state index in [4.69, 9.17) is 5.73 Å². The molecule has 4 N–H and O–H groups in total. The highest BCUT2D eigenvalue weighted by Gasteiger charge is 2.26. The van der Waals surface area contributed by atoms with Crippen molar-refractivity contribution >= 4 is 11.8 Å². The second kappa shape index (κ2) is 6.51. The lowest BCUT2D eigenvalue weighted by molar-refractivity contribution is -0.133. The number of fused-ring (bicyclic) bond motifs is 1. The van der Waals surface area contributed by atoms with Gasteiger partial charge < -0.3 is 20.9 Å². The highest BCUT2D eigenvalue weighted by molar-refractivity contribution is 5.83. The van der Waals surface area contributed by atoms with Gasteiger partial charge in [-0.3, -0.25) is 9.59 Å². The minimum atomic E-state index is -0.623. The Labute approximate surface area is 117 Å². The number of amides is 2. The van der Waals surface area contributed by atoms with Gasteiger partial charge >= 0.3 is 0 Å². The van der Waals surface area contributed by atoms with E-state index in [9.17, 15) is 9.59 Å². The molecule has 1 aromatic rings. The fourth-order valence-electron chi connectivity index (χ4n) is 2.33. The summed E-state index contributed by atoms with van der Waals surface area (Å²) in [6.07, 6.45) is 3.04. The Hall–Kier alpha value is -1.89. The lowest BCUT2D eigenvalue weighted by atomic mass is 10.1. The van der Waals surface area contributed by atoms with Crippen molar-refractivity contribution in [1.82, 2.24) is 20.2 Å². The van der Waals surface area contributed by atoms with Gasteiger partial charge in [-0.15, -0.1) is 0 Å². The lowest BCUT2D eigenvalue weighted by Crippen LogP contribution is -2.46. The smallest absolute Gasteiger partial charge is 0.239 e. The van der Waals surface area contributed by atoms with Crippen LogP contribution in [0.2, 0.25) is 0 Å². The summed E-state index contributed by atoms with van der Waals surface area (Å²) in [5.74, 6) is -0.167. The third kappa shape index (κ3) is 3.36. The first-order valence-electron chi connectivity index (χ1n) is 6.94. The van der Waals surface area contributed by atoms with Crippen LogP contribution in [0.3, 0.4) is 0 Å². The molecule has 0 saturated carbocycles. The molecule has 0 bridgehead atoms. The zero-order chi connectivity index (χ0) is 14.5. The average molecular weight is 279 g/mol. The Morgan fingerprint density at radius 3 is 3.15 bits per heavy atom. The molecule has 0 radical (unpaired) electrons. The summed E-state index contributed by atoms with van der Waals surface area (Å²) >= 11 is 0. The van der Waals surface area contributed by atoms with Gasteiger partial charge in [0.15, 0.2) is 0 Å². The third-order valence-corrected chi connectivity index (χ3v) is 3.46. The zero-order valence-corrected chi connectivity index (χ0v) is 11.7. The van der Waals surface area contributed by atoms with Crippen molar-refractivity contribution in [3.8, 4) is 0 Å². The number of nitrogens with one attached hydrogen (secondary N) is 2. The number of nitrogens with two attached hydrogens (primary N) is 1. The average Bonchev–Trinajstić information content (AvgIpc) is 2.91. The summed E-state index contributed by atoms with van der Waals surface area (Å²) < 4.78 is 0. The van der Waals surface area contributed by atoms with Crippen LogP contribution in [0, 0.1) is 0 Å². The normalized spacial score (nSPS) is 15.6. The molecular weight excluding hydrogens is 258 g/mol. The molecular formula is C13H21N5O2.